The van der Waals surface area contributed by atoms with Crippen LogP contribution in [0, 0.1) is 0 Å². The van der Waals surface area contributed by atoms with Crippen LogP contribution >= 0.6 is 23.4 Å². The Bertz CT molecular complexity index is 378. The Morgan fingerprint density at radius 3 is 2.62 bits per heavy atom. The highest BCUT2D eigenvalue weighted by Crippen LogP contribution is 2.41. The number of halogens is 1. The molecule has 0 aromatic heterocycles. The molecule has 88 valence electrons. The summed E-state index contributed by atoms with van der Waals surface area (Å²) >= 11 is 7.77. The second-order valence-corrected chi connectivity index (χ2v) is 4.53. The van der Waals surface area contributed by atoms with Crippen molar-refractivity contribution in [3.05, 3.63) is 22.7 Å². The van der Waals surface area contributed by atoms with Crippen molar-refractivity contribution in [3.63, 3.8) is 0 Å². The summed E-state index contributed by atoms with van der Waals surface area (Å²) in [4.78, 5) is 1.03. The number of rotatable bonds is 3. The number of ether oxygens (including phenoxy) is 3. The molecule has 1 saturated heterocycles. The van der Waals surface area contributed by atoms with Gasteiger partial charge < -0.3 is 14.2 Å². The maximum atomic E-state index is 6.17. The van der Waals surface area contributed by atoms with Gasteiger partial charge in [-0.2, -0.15) is 0 Å². The van der Waals surface area contributed by atoms with E-state index in [-0.39, 0.29) is 0 Å². The summed E-state index contributed by atoms with van der Waals surface area (Å²) in [5, 5.41) is 0.613. The second-order valence-electron chi connectivity index (χ2n) is 3.27. The van der Waals surface area contributed by atoms with E-state index in [9.17, 15) is 0 Å². The molecule has 0 atom stereocenters. The zero-order valence-electron chi connectivity index (χ0n) is 9.16. The molecular formula is C11H13ClO3S. The Kier molecular flexibility index (Phi) is 3.97. The topological polar surface area (TPSA) is 27.7 Å². The van der Waals surface area contributed by atoms with Gasteiger partial charge in [0.1, 0.15) is 5.75 Å². The molecule has 0 N–H and O–H groups in total. The molecular weight excluding hydrogens is 248 g/mol. The van der Waals surface area contributed by atoms with Gasteiger partial charge in [0.15, 0.2) is 6.29 Å². The minimum absolute atomic E-state index is 0.408. The van der Waals surface area contributed by atoms with Gasteiger partial charge in [-0.25, -0.2) is 0 Å². The fourth-order valence-electron chi connectivity index (χ4n) is 1.67. The number of hydrogen-bond donors (Lipinski definition) is 0. The molecule has 0 saturated carbocycles. The third-order valence-corrected chi connectivity index (χ3v) is 3.48. The third kappa shape index (κ3) is 2.15. The highest BCUT2D eigenvalue weighted by atomic mass is 35.5. The van der Waals surface area contributed by atoms with Crippen LogP contribution in [0.25, 0.3) is 0 Å². The van der Waals surface area contributed by atoms with Crippen LogP contribution in [0.5, 0.6) is 5.75 Å². The molecule has 5 heteroatoms. The summed E-state index contributed by atoms with van der Waals surface area (Å²) in [6, 6.07) is 3.78. The van der Waals surface area contributed by atoms with Crippen molar-refractivity contribution in [2.24, 2.45) is 0 Å². The van der Waals surface area contributed by atoms with Crippen molar-refractivity contribution in [1.82, 2.24) is 0 Å². The van der Waals surface area contributed by atoms with Crippen LogP contribution in [0.3, 0.4) is 0 Å². The van der Waals surface area contributed by atoms with Crippen LogP contribution in [0.1, 0.15) is 11.9 Å². The van der Waals surface area contributed by atoms with Gasteiger partial charge in [0.25, 0.3) is 0 Å². The van der Waals surface area contributed by atoms with E-state index < -0.39 is 6.29 Å². The predicted molar refractivity (Wildman–Crippen MR) is 64.4 cm³/mol. The van der Waals surface area contributed by atoms with Gasteiger partial charge in [-0.3, -0.25) is 0 Å². The van der Waals surface area contributed by atoms with Crippen molar-refractivity contribution < 1.29 is 14.2 Å². The Morgan fingerprint density at radius 1 is 1.38 bits per heavy atom. The molecule has 1 aliphatic heterocycles. The van der Waals surface area contributed by atoms with Crippen molar-refractivity contribution in [2.45, 2.75) is 11.2 Å². The molecule has 0 amide bonds. The molecule has 1 fully saturated rings. The maximum absolute atomic E-state index is 6.17. The van der Waals surface area contributed by atoms with Crippen LogP contribution in [0.4, 0.5) is 0 Å². The van der Waals surface area contributed by atoms with Crippen LogP contribution in [0.2, 0.25) is 5.02 Å². The van der Waals surface area contributed by atoms with Crippen LogP contribution in [-0.2, 0) is 9.47 Å². The lowest BCUT2D eigenvalue weighted by atomic mass is 10.2. The molecule has 1 aromatic carbocycles. The number of hydrogen-bond acceptors (Lipinski definition) is 4. The lowest BCUT2D eigenvalue weighted by Crippen LogP contribution is -2.03. The van der Waals surface area contributed by atoms with Gasteiger partial charge in [0.2, 0.25) is 0 Å². The van der Waals surface area contributed by atoms with E-state index in [1.807, 2.05) is 18.4 Å². The van der Waals surface area contributed by atoms with Crippen molar-refractivity contribution in [2.75, 3.05) is 26.6 Å². The van der Waals surface area contributed by atoms with Crippen LogP contribution < -0.4 is 4.74 Å². The van der Waals surface area contributed by atoms with Gasteiger partial charge in [-0.15, -0.1) is 11.8 Å². The largest absolute Gasteiger partial charge is 0.495 e. The monoisotopic (exact) mass is 260 g/mol. The zero-order chi connectivity index (χ0) is 11.5. The zero-order valence-corrected chi connectivity index (χ0v) is 10.7. The SMILES string of the molecule is COc1c(SC)ccc(Cl)c1C1OCCO1. The molecule has 0 spiro atoms. The van der Waals surface area contributed by atoms with E-state index in [1.54, 1.807) is 18.9 Å². The molecule has 1 aromatic rings. The van der Waals surface area contributed by atoms with E-state index >= 15 is 0 Å². The Labute approximate surface area is 104 Å². The van der Waals surface area contributed by atoms with Gasteiger partial charge >= 0.3 is 0 Å². The standard InChI is InChI=1S/C11H13ClO3S/c1-13-10-8(16-2)4-3-7(12)9(10)11-14-5-6-15-11/h3-4,11H,5-6H2,1-2H3. The third-order valence-electron chi connectivity index (χ3n) is 2.39. The lowest BCUT2D eigenvalue weighted by molar-refractivity contribution is -0.0456. The van der Waals surface area contributed by atoms with E-state index in [4.69, 9.17) is 25.8 Å². The molecule has 2 rings (SSSR count). The van der Waals surface area contributed by atoms with Gasteiger partial charge in [-0.1, -0.05) is 11.6 Å². The predicted octanol–water partition coefficient (Wildman–Crippen LogP) is 3.12. The van der Waals surface area contributed by atoms with E-state index in [1.165, 1.54) is 0 Å². The highest BCUT2D eigenvalue weighted by molar-refractivity contribution is 7.98. The van der Waals surface area contributed by atoms with Crippen LogP contribution in [0.15, 0.2) is 17.0 Å². The first kappa shape index (κ1) is 12.0. The Balaban J connectivity index is 2.47. The van der Waals surface area contributed by atoms with Crippen molar-refractivity contribution >= 4 is 23.4 Å². The molecule has 3 nitrogen and oxygen atoms in total. The fraction of sp³-hybridized carbons (Fsp3) is 0.455. The van der Waals surface area contributed by atoms with Gasteiger partial charge in [0, 0.05) is 4.90 Å². The van der Waals surface area contributed by atoms with E-state index in [0.717, 1.165) is 16.2 Å². The van der Waals surface area contributed by atoms with Gasteiger partial charge in [0.05, 0.1) is 30.9 Å². The van der Waals surface area contributed by atoms with Crippen LogP contribution in [-0.4, -0.2) is 26.6 Å². The average Bonchev–Trinajstić information content (AvgIpc) is 2.81. The molecule has 16 heavy (non-hydrogen) atoms. The summed E-state index contributed by atoms with van der Waals surface area (Å²) in [6.07, 6.45) is 1.58. The fourth-order valence-corrected chi connectivity index (χ4v) is 2.49. The molecule has 1 heterocycles. The summed E-state index contributed by atoms with van der Waals surface area (Å²) < 4.78 is 16.3. The molecule has 0 unspecified atom stereocenters. The minimum atomic E-state index is -0.408. The number of thioether (sulfide) groups is 1. The number of benzene rings is 1. The summed E-state index contributed by atoms with van der Waals surface area (Å²) in [5.74, 6) is 0.743. The molecule has 0 bridgehead atoms. The first-order valence-corrected chi connectivity index (χ1v) is 6.51. The van der Waals surface area contributed by atoms with Crippen molar-refractivity contribution in [1.29, 1.82) is 0 Å². The quantitative estimate of drug-likeness (QED) is 0.781. The Hall–Kier alpha value is -0.420. The first-order valence-electron chi connectivity index (χ1n) is 4.91. The molecule has 1 aliphatic rings. The normalized spacial score (nSPS) is 16.7. The highest BCUT2D eigenvalue weighted by Gasteiger charge is 2.26. The minimum Gasteiger partial charge on any atom is -0.495 e. The van der Waals surface area contributed by atoms with E-state index in [0.29, 0.717) is 18.2 Å². The summed E-state index contributed by atoms with van der Waals surface area (Å²) in [6.45, 7) is 1.18. The smallest absolute Gasteiger partial charge is 0.189 e. The van der Waals surface area contributed by atoms with E-state index in [2.05, 4.69) is 0 Å². The summed E-state index contributed by atoms with van der Waals surface area (Å²) in [5.41, 5.74) is 0.786. The first-order chi connectivity index (χ1) is 7.77. The lowest BCUT2D eigenvalue weighted by Gasteiger charge is -2.17. The van der Waals surface area contributed by atoms with Gasteiger partial charge in [-0.05, 0) is 18.4 Å². The molecule has 0 aliphatic carbocycles. The Morgan fingerprint density at radius 2 is 2.06 bits per heavy atom. The van der Waals surface area contributed by atoms with Crippen molar-refractivity contribution in [3.8, 4) is 5.75 Å². The second kappa shape index (κ2) is 5.27. The maximum Gasteiger partial charge on any atom is 0.189 e. The molecule has 0 radical (unpaired) electrons. The number of methoxy groups -OCH3 is 1. The average molecular weight is 261 g/mol. The summed E-state index contributed by atoms with van der Waals surface area (Å²) in [7, 11) is 1.63.